The first-order chi connectivity index (χ1) is 12.0. The second-order valence-corrected chi connectivity index (χ2v) is 7.78. The highest BCUT2D eigenvalue weighted by Crippen LogP contribution is 2.38. The first kappa shape index (κ1) is 17.9. The highest BCUT2D eigenvalue weighted by molar-refractivity contribution is 5.96. The second-order valence-electron chi connectivity index (χ2n) is 7.78. The highest BCUT2D eigenvalue weighted by atomic mass is 16.2. The van der Waals surface area contributed by atoms with E-state index in [4.69, 9.17) is 5.73 Å². The van der Waals surface area contributed by atoms with E-state index in [1.807, 2.05) is 25.1 Å². The van der Waals surface area contributed by atoms with E-state index in [1.54, 1.807) is 0 Å². The van der Waals surface area contributed by atoms with Crippen LogP contribution in [-0.4, -0.2) is 18.4 Å². The molecule has 0 saturated heterocycles. The Morgan fingerprint density at radius 2 is 1.88 bits per heavy atom. The standard InChI is InChI=1S/C20H29N3O2/c1-14-5-8-16(22-19(25)15-6-7-15)11-17(14)23-18(24)12-20(13-21)9-3-2-4-10-20/h5,8,11,15H,2-4,6-7,9-10,12-13,21H2,1H3,(H,22,25)(H,23,24). The normalized spacial score (nSPS) is 19.3. The van der Waals surface area contributed by atoms with Gasteiger partial charge in [-0.25, -0.2) is 0 Å². The fourth-order valence-electron chi connectivity index (χ4n) is 3.71. The van der Waals surface area contributed by atoms with E-state index in [0.717, 1.165) is 55.5 Å². The van der Waals surface area contributed by atoms with Crippen molar-refractivity contribution >= 4 is 23.2 Å². The lowest BCUT2D eigenvalue weighted by molar-refractivity contribution is -0.119. The Morgan fingerprint density at radius 3 is 2.52 bits per heavy atom. The molecule has 25 heavy (non-hydrogen) atoms. The molecule has 0 heterocycles. The summed E-state index contributed by atoms with van der Waals surface area (Å²) in [6.45, 7) is 2.53. The number of hydrogen-bond donors (Lipinski definition) is 3. The molecular formula is C20H29N3O2. The molecule has 0 unspecified atom stereocenters. The summed E-state index contributed by atoms with van der Waals surface area (Å²) < 4.78 is 0. The molecule has 136 valence electrons. The summed E-state index contributed by atoms with van der Waals surface area (Å²) >= 11 is 0. The van der Waals surface area contributed by atoms with Gasteiger partial charge in [0, 0.05) is 23.7 Å². The lowest BCUT2D eigenvalue weighted by Gasteiger charge is -2.35. The van der Waals surface area contributed by atoms with Crippen LogP contribution in [-0.2, 0) is 9.59 Å². The molecule has 0 atom stereocenters. The van der Waals surface area contributed by atoms with Crippen LogP contribution >= 0.6 is 0 Å². The topological polar surface area (TPSA) is 84.2 Å². The van der Waals surface area contributed by atoms with Crippen molar-refractivity contribution in [2.24, 2.45) is 17.1 Å². The number of carbonyl (C=O) groups excluding carboxylic acids is 2. The number of amides is 2. The molecule has 0 bridgehead atoms. The quantitative estimate of drug-likeness (QED) is 0.738. The van der Waals surface area contributed by atoms with E-state index in [9.17, 15) is 9.59 Å². The van der Waals surface area contributed by atoms with Crippen molar-refractivity contribution in [1.82, 2.24) is 0 Å². The van der Waals surface area contributed by atoms with Gasteiger partial charge in [0.1, 0.15) is 0 Å². The van der Waals surface area contributed by atoms with Crippen LogP contribution in [0.3, 0.4) is 0 Å². The average molecular weight is 343 g/mol. The zero-order chi connectivity index (χ0) is 17.9. The SMILES string of the molecule is Cc1ccc(NC(=O)C2CC2)cc1NC(=O)CC1(CN)CCCCC1. The Kier molecular flexibility index (Phi) is 5.42. The van der Waals surface area contributed by atoms with Crippen LogP contribution in [0.4, 0.5) is 11.4 Å². The second kappa shape index (κ2) is 7.56. The molecule has 1 aromatic carbocycles. The Balaban J connectivity index is 1.64. The van der Waals surface area contributed by atoms with Crippen LogP contribution in [0, 0.1) is 18.3 Å². The van der Waals surface area contributed by atoms with Gasteiger partial charge in [0.2, 0.25) is 11.8 Å². The zero-order valence-corrected chi connectivity index (χ0v) is 15.1. The Bertz CT molecular complexity index is 646. The average Bonchev–Trinajstić information content (AvgIpc) is 3.44. The third-order valence-corrected chi connectivity index (χ3v) is 5.61. The number of benzene rings is 1. The van der Waals surface area contributed by atoms with E-state index < -0.39 is 0 Å². The maximum absolute atomic E-state index is 12.6. The number of rotatable bonds is 6. The lowest BCUT2D eigenvalue weighted by Crippen LogP contribution is -2.36. The summed E-state index contributed by atoms with van der Waals surface area (Å²) in [6, 6.07) is 5.66. The fraction of sp³-hybridized carbons (Fsp3) is 0.600. The van der Waals surface area contributed by atoms with Gasteiger partial charge in [0.25, 0.3) is 0 Å². The van der Waals surface area contributed by atoms with Crippen molar-refractivity contribution < 1.29 is 9.59 Å². The predicted octanol–water partition coefficient (Wildman–Crippen LogP) is 3.58. The summed E-state index contributed by atoms with van der Waals surface area (Å²) in [5.41, 5.74) is 8.44. The van der Waals surface area contributed by atoms with Gasteiger partial charge in [0.15, 0.2) is 0 Å². The maximum atomic E-state index is 12.6. The summed E-state index contributed by atoms with van der Waals surface area (Å²) in [4.78, 5) is 24.5. The number of anilines is 2. The smallest absolute Gasteiger partial charge is 0.227 e. The third kappa shape index (κ3) is 4.60. The molecule has 5 nitrogen and oxygen atoms in total. The van der Waals surface area contributed by atoms with Crippen molar-refractivity contribution in [3.8, 4) is 0 Å². The van der Waals surface area contributed by atoms with Gasteiger partial charge >= 0.3 is 0 Å². The van der Waals surface area contributed by atoms with Crippen molar-refractivity contribution in [1.29, 1.82) is 0 Å². The van der Waals surface area contributed by atoms with E-state index in [-0.39, 0.29) is 23.1 Å². The number of hydrogen-bond acceptors (Lipinski definition) is 3. The summed E-state index contributed by atoms with van der Waals surface area (Å²) in [6.07, 6.45) is 8.05. The van der Waals surface area contributed by atoms with Gasteiger partial charge in [-0.3, -0.25) is 9.59 Å². The molecule has 2 amide bonds. The molecule has 2 saturated carbocycles. The van der Waals surface area contributed by atoms with E-state index in [2.05, 4.69) is 10.6 Å². The van der Waals surface area contributed by atoms with Crippen molar-refractivity contribution in [2.45, 2.75) is 58.3 Å². The van der Waals surface area contributed by atoms with Gasteiger partial charge in [0.05, 0.1) is 0 Å². The monoisotopic (exact) mass is 343 g/mol. The van der Waals surface area contributed by atoms with Crippen molar-refractivity contribution in [3.05, 3.63) is 23.8 Å². The first-order valence-corrected chi connectivity index (χ1v) is 9.43. The molecule has 0 spiro atoms. The zero-order valence-electron chi connectivity index (χ0n) is 15.1. The molecule has 1 aromatic rings. The predicted molar refractivity (Wildman–Crippen MR) is 100 cm³/mol. The summed E-state index contributed by atoms with van der Waals surface area (Å²) in [5.74, 6) is 0.251. The van der Waals surface area contributed by atoms with E-state index in [0.29, 0.717) is 13.0 Å². The Labute approximate surface area is 149 Å². The number of nitrogens with one attached hydrogen (secondary N) is 2. The van der Waals surface area contributed by atoms with Gasteiger partial charge in [-0.05, 0) is 62.3 Å². The number of nitrogens with two attached hydrogens (primary N) is 1. The van der Waals surface area contributed by atoms with Crippen molar-refractivity contribution in [3.63, 3.8) is 0 Å². The van der Waals surface area contributed by atoms with Crippen molar-refractivity contribution in [2.75, 3.05) is 17.2 Å². The van der Waals surface area contributed by atoms with E-state index in [1.165, 1.54) is 6.42 Å². The number of carbonyl (C=O) groups is 2. The lowest BCUT2D eigenvalue weighted by atomic mass is 9.71. The highest BCUT2D eigenvalue weighted by Gasteiger charge is 2.33. The van der Waals surface area contributed by atoms with Gasteiger partial charge in [-0.1, -0.05) is 25.3 Å². The minimum Gasteiger partial charge on any atom is -0.330 e. The Morgan fingerprint density at radius 1 is 1.16 bits per heavy atom. The van der Waals surface area contributed by atoms with Gasteiger partial charge < -0.3 is 16.4 Å². The van der Waals surface area contributed by atoms with Gasteiger partial charge in [-0.2, -0.15) is 0 Å². The molecular weight excluding hydrogens is 314 g/mol. The van der Waals surface area contributed by atoms with Crippen LogP contribution in [0.5, 0.6) is 0 Å². The molecule has 2 aliphatic carbocycles. The first-order valence-electron chi connectivity index (χ1n) is 9.43. The van der Waals surface area contributed by atoms with Crippen LogP contribution in [0.15, 0.2) is 18.2 Å². The molecule has 5 heteroatoms. The molecule has 0 aromatic heterocycles. The maximum Gasteiger partial charge on any atom is 0.227 e. The third-order valence-electron chi connectivity index (χ3n) is 5.61. The molecule has 0 radical (unpaired) electrons. The van der Waals surface area contributed by atoms with Crippen LogP contribution in [0.25, 0.3) is 0 Å². The van der Waals surface area contributed by atoms with Crippen LogP contribution < -0.4 is 16.4 Å². The molecule has 0 aliphatic heterocycles. The summed E-state index contributed by atoms with van der Waals surface area (Å²) in [7, 11) is 0. The minimum atomic E-state index is -0.0476. The fourth-order valence-corrected chi connectivity index (χ4v) is 3.71. The molecule has 3 rings (SSSR count). The molecule has 2 aliphatic rings. The number of aryl methyl sites for hydroxylation is 1. The van der Waals surface area contributed by atoms with Gasteiger partial charge in [-0.15, -0.1) is 0 Å². The largest absolute Gasteiger partial charge is 0.330 e. The molecule has 2 fully saturated rings. The van der Waals surface area contributed by atoms with Crippen LogP contribution in [0.1, 0.15) is 56.9 Å². The van der Waals surface area contributed by atoms with Crippen LogP contribution in [0.2, 0.25) is 0 Å². The van der Waals surface area contributed by atoms with E-state index >= 15 is 0 Å². The minimum absolute atomic E-state index is 0.0149. The Hall–Kier alpha value is -1.88. The summed E-state index contributed by atoms with van der Waals surface area (Å²) in [5, 5.41) is 5.96. The molecule has 4 N–H and O–H groups in total.